The Hall–Kier alpha value is -2.46. The molecule has 4 heteroatoms. The Labute approximate surface area is 101 Å². The molecule has 0 aliphatic carbocycles. The first-order valence-corrected chi connectivity index (χ1v) is 5.19. The number of benzene rings is 1. The number of hydrogen-bond acceptors (Lipinski definition) is 4. The van der Waals surface area contributed by atoms with Crippen LogP contribution in [0.4, 0.5) is 5.69 Å². The molecule has 0 aliphatic heterocycles. The highest BCUT2D eigenvalue weighted by Gasteiger charge is 2.00. The van der Waals surface area contributed by atoms with Crippen LogP contribution in [0.5, 0.6) is 5.75 Å². The van der Waals surface area contributed by atoms with Gasteiger partial charge in [-0.1, -0.05) is 0 Å². The van der Waals surface area contributed by atoms with Gasteiger partial charge in [0.1, 0.15) is 23.5 Å². The first kappa shape index (κ1) is 12.6. The van der Waals surface area contributed by atoms with Crippen LogP contribution in [0.1, 0.15) is 6.92 Å². The number of ether oxygens (including phenoxy) is 1. The quantitative estimate of drug-likeness (QED) is 0.741. The first-order valence-electron chi connectivity index (χ1n) is 5.19. The van der Waals surface area contributed by atoms with Crippen molar-refractivity contribution in [3.8, 4) is 17.9 Å². The SMILES string of the molecule is CCOc1ccc(N(C)C=C(C#N)C#N)cc1. The Morgan fingerprint density at radius 1 is 1.29 bits per heavy atom. The molecule has 0 heterocycles. The third kappa shape index (κ3) is 3.55. The van der Waals surface area contributed by atoms with Crippen LogP contribution in [-0.2, 0) is 0 Å². The van der Waals surface area contributed by atoms with Gasteiger partial charge in [0.15, 0.2) is 0 Å². The monoisotopic (exact) mass is 227 g/mol. The molecule has 0 bridgehead atoms. The van der Waals surface area contributed by atoms with E-state index in [9.17, 15) is 0 Å². The summed E-state index contributed by atoms with van der Waals surface area (Å²) >= 11 is 0. The predicted molar refractivity (Wildman–Crippen MR) is 65.3 cm³/mol. The Morgan fingerprint density at radius 2 is 1.88 bits per heavy atom. The highest BCUT2D eigenvalue weighted by Crippen LogP contribution is 2.19. The van der Waals surface area contributed by atoms with Crippen molar-refractivity contribution in [3.63, 3.8) is 0 Å². The lowest BCUT2D eigenvalue weighted by Gasteiger charge is -2.14. The molecule has 0 radical (unpaired) electrons. The van der Waals surface area contributed by atoms with Gasteiger partial charge in [-0.15, -0.1) is 0 Å². The molecule has 1 aromatic rings. The van der Waals surface area contributed by atoms with Gasteiger partial charge in [0.05, 0.1) is 6.61 Å². The minimum Gasteiger partial charge on any atom is -0.494 e. The summed E-state index contributed by atoms with van der Waals surface area (Å²) in [5.74, 6) is 0.800. The van der Waals surface area contributed by atoms with Crippen LogP contribution in [0, 0.1) is 22.7 Å². The van der Waals surface area contributed by atoms with Crippen molar-refractivity contribution in [1.82, 2.24) is 0 Å². The molecule has 0 N–H and O–H groups in total. The fourth-order valence-electron chi connectivity index (χ4n) is 1.30. The minimum absolute atomic E-state index is 0.0707. The average Bonchev–Trinajstić information content (AvgIpc) is 2.37. The number of rotatable bonds is 4. The zero-order valence-corrected chi connectivity index (χ0v) is 9.84. The zero-order valence-electron chi connectivity index (χ0n) is 9.84. The lowest BCUT2D eigenvalue weighted by atomic mass is 10.2. The maximum atomic E-state index is 8.65. The normalized spacial score (nSPS) is 8.71. The van der Waals surface area contributed by atoms with Gasteiger partial charge in [0.25, 0.3) is 0 Å². The molecule has 17 heavy (non-hydrogen) atoms. The van der Waals surface area contributed by atoms with Crippen molar-refractivity contribution < 1.29 is 4.74 Å². The molecule has 0 spiro atoms. The second-order valence-corrected chi connectivity index (χ2v) is 3.30. The van der Waals surface area contributed by atoms with Gasteiger partial charge >= 0.3 is 0 Å². The van der Waals surface area contributed by atoms with Crippen LogP contribution < -0.4 is 9.64 Å². The maximum absolute atomic E-state index is 8.65. The molecular formula is C13H13N3O. The van der Waals surface area contributed by atoms with Crippen molar-refractivity contribution in [3.05, 3.63) is 36.0 Å². The lowest BCUT2D eigenvalue weighted by Crippen LogP contribution is -2.08. The van der Waals surface area contributed by atoms with Crippen molar-refractivity contribution in [2.45, 2.75) is 6.92 Å². The number of nitrogens with zero attached hydrogens (tertiary/aromatic N) is 3. The Balaban J connectivity index is 2.84. The van der Waals surface area contributed by atoms with Crippen molar-refractivity contribution in [2.24, 2.45) is 0 Å². The number of allylic oxidation sites excluding steroid dienone is 1. The van der Waals surface area contributed by atoms with Crippen LogP contribution in [0.2, 0.25) is 0 Å². The largest absolute Gasteiger partial charge is 0.494 e. The molecule has 4 nitrogen and oxygen atoms in total. The maximum Gasteiger partial charge on any atom is 0.145 e. The Bertz CT molecular complexity index is 461. The second-order valence-electron chi connectivity index (χ2n) is 3.30. The molecule has 0 saturated carbocycles. The van der Waals surface area contributed by atoms with E-state index in [-0.39, 0.29) is 5.57 Å². The molecule has 0 fully saturated rings. The van der Waals surface area contributed by atoms with Crippen LogP contribution in [0.3, 0.4) is 0 Å². The molecule has 0 unspecified atom stereocenters. The summed E-state index contributed by atoms with van der Waals surface area (Å²) in [4.78, 5) is 1.72. The molecule has 1 aromatic carbocycles. The van der Waals surface area contributed by atoms with Crippen molar-refractivity contribution in [2.75, 3.05) is 18.6 Å². The van der Waals surface area contributed by atoms with Gasteiger partial charge in [-0.2, -0.15) is 10.5 Å². The zero-order chi connectivity index (χ0) is 12.7. The third-order valence-corrected chi connectivity index (χ3v) is 2.12. The van der Waals surface area contributed by atoms with Crippen LogP contribution >= 0.6 is 0 Å². The summed E-state index contributed by atoms with van der Waals surface area (Å²) in [7, 11) is 1.78. The van der Waals surface area contributed by atoms with Gasteiger partial charge in [-0.25, -0.2) is 0 Å². The number of nitriles is 2. The Kier molecular flexibility index (Phi) is 4.59. The topological polar surface area (TPSA) is 60.0 Å². The highest BCUT2D eigenvalue weighted by atomic mass is 16.5. The molecule has 0 amide bonds. The van der Waals surface area contributed by atoms with Gasteiger partial charge < -0.3 is 9.64 Å². The van der Waals surface area contributed by atoms with E-state index in [4.69, 9.17) is 15.3 Å². The summed E-state index contributed by atoms with van der Waals surface area (Å²) in [5, 5.41) is 17.3. The van der Waals surface area contributed by atoms with E-state index in [1.807, 2.05) is 43.3 Å². The molecule has 1 rings (SSSR count). The summed E-state index contributed by atoms with van der Waals surface area (Å²) < 4.78 is 5.33. The van der Waals surface area contributed by atoms with Crippen LogP contribution in [0.15, 0.2) is 36.0 Å². The van der Waals surface area contributed by atoms with E-state index in [0.717, 1.165) is 11.4 Å². The van der Waals surface area contributed by atoms with E-state index in [2.05, 4.69) is 0 Å². The summed E-state index contributed by atoms with van der Waals surface area (Å²) in [5.41, 5.74) is 0.956. The fourth-order valence-corrected chi connectivity index (χ4v) is 1.30. The van der Waals surface area contributed by atoms with Crippen LogP contribution in [-0.4, -0.2) is 13.7 Å². The smallest absolute Gasteiger partial charge is 0.145 e. The molecule has 0 aromatic heterocycles. The van der Waals surface area contributed by atoms with E-state index in [0.29, 0.717) is 6.61 Å². The predicted octanol–water partition coefficient (Wildman–Crippen LogP) is 2.45. The van der Waals surface area contributed by atoms with Gasteiger partial charge in [-0.05, 0) is 31.2 Å². The van der Waals surface area contributed by atoms with E-state index >= 15 is 0 Å². The number of hydrogen-bond donors (Lipinski definition) is 0. The van der Waals surface area contributed by atoms with Crippen LogP contribution in [0.25, 0.3) is 0 Å². The minimum atomic E-state index is 0.0707. The Morgan fingerprint density at radius 3 is 2.35 bits per heavy atom. The standard InChI is InChI=1S/C13H13N3O/c1-3-17-13-6-4-12(5-7-13)16(2)10-11(8-14)9-15/h4-7,10H,3H2,1-2H3. The molecule has 86 valence electrons. The number of anilines is 1. The van der Waals surface area contributed by atoms with Crippen molar-refractivity contribution >= 4 is 5.69 Å². The van der Waals surface area contributed by atoms with E-state index < -0.39 is 0 Å². The van der Waals surface area contributed by atoms with Gasteiger partial charge in [0.2, 0.25) is 0 Å². The van der Waals surface area contributed by atoms with E-state index in [1.54, 1.807) is 11.9 Å². The fraction of sp³-hybridized carbons (Fsp3) is 0.231. The van der Waals surface area contributed by atoms with E-state index in [1.165, 1.54) is 6.20 Å². The average molecular weight is 227 g/mol. The van der Waals surface area contributed by atoms with Gasteiger partial charge in [0, 0.05) is 18.9 Å². The first-order chi connectivity index (χ1) is 8.21. The molecule has 0 atom stereocenters. The summed E-state index contributed by atoms with van der Waals surface area (Å²) in [6.45, 7) is 2.55. The summed E-state index contributed by atoms with van der Waals surface area (Å²) in [6, 6.07) is 11.1. The molecule has 0 saturated heterocycles. The highest BCUT2D eigenvalue weighted by molar-refractivity contribution is 5.53. The second kappa shape index (κ2) is 6.19. The molecular weight excluding hydrogens is 214 g/mol. The van der Waals surface area contributed by atoms with Gasteiger partial charge in [-0.3, -0.25) is 0 Å². The molecule has 0 aliphatic rings. The summed E-state index contributed by atoms with van der Waals surface area (Å²) in [6.07, 6.45) is 1.50. The lowest BCUT2D eigenvalue weighted by molar-refractivity contribution is 0.340. The third-order valence-electron chi connectivity index (χ3n) is 2.12. The van der Waals surface area contributed by atoms with Crippen molar-refractivity contribution in [1.29, 1.82) is 10.5 Å².